The number of hydrogen-bond acceptors (Lipinski definition) is 6. The van der Waals surface area contributed by atoms with Crippen LogP contribution in [0.15, 0.2) is 23.3 Å². The lowest BCUT2D eigenvalue weighted by atomic mass is 9.43. The van der Waals surface area contributed by atoms with Crippen molar-refractivity contribution < 1.29 is 29.3 Å². The number of carbonyl (C=O) groups is 2. The molecule has 0 bridgehead atoms. The number of ether oxygens (including phenoxy) is 2. The molecule has 2 heterocycles. The highest BCUT2D eigenvalue weighted by Gasteiger charge is 2.78. The number of cyclic esters (lactones) is 1. The first-order valence-corrected chi connectivity index (χ1v) is 13.1. The molecule has 2 N–H and O–H groups in total. The summed E-state index contributed by atoms with van der Waals surface area (Å²) in [4.78, 5) is 25.7. The van der Waals surface area contributed by atoms with E-state index in [4.69, 9.17) is 9.47 Å². The van der Waals surface area contributed by atoms with Gasteiger partial charge in [-0.3, -0.25) is 4.79 Å². The first-order chi connectivity index (χ1) is 15.9. The van der Waals surface area contributed by atoms with Crippen molar-refractivity contribution >= 4 is 11.8 Å². The molecule has 4 fully saturated rings. The van der Waals surface area contributed by atoms with Crippen LogP contribution in [0.25, 0.3) is 0 Å². The lowest BCUT2D eigenvalue weighted by Crippen LogP contribution is -2.68. The molecule has 186 valence electrons. The molecule has 0 unspecified atom stereocenters. The van der Waals surface area contributed by atoms with Gasteiger partial charge in [-0.2, -0.15) is 0 Å². The summed E-state index contributed by atoms with van der Waals surface area (Å²) in [7, 11) is 0. The third-order valence-electron chi connectivity index (χ3n) is 11.8. The smallest absolute Gasteiger partial charge is 0.333 e. The van der Waals surface area contributed by atoms with Gasteiger partial charge in [-0.05, 0) is 82.1 Å². The van der Waals surface area contributed by atoms with E-state index < -0.39 is 16.6 Å². The Morgan fingerprint density at radius 3 is 2.50 bits per heavy atom. The van der Waals surface area contributed by atoms with Gasteiger partial charge in [0.25, 0.3) is 0 Å². The number of epoxide rings is 1. The van der Waals surface area contributed by atoms with Crippen LogP contribution in [0.1, 0.15) is 73.1 Å². The first-order valence-electron chi connectivity index (χ1n) is 13.1. The second-order valence-corrected chi connectivity index (χ2v) is 12.7. The predicted molar refractivity (Wildman–Crippen MR) is 125 cm³/mol. The fourth-order valence-corrected chi connectivity index (χ4v) is 9.27. The Kier molecular flexibility index (Phi) is 4.61. The van der Waals surface area contributed by atoms with Crippen LogP contribution < -0.4 is 0 Å². The zero-order valence-electron chi connectivity index (χ0n) is 21.0. The van der Waals surface area contributed by atoms with Gasteiger partial charge in [-0.1, -0.05) is 25.5 Å². The lowest BCUT2D eigenvalue weighted by molar-refractivity contribution is -0.202. The Hall–Kier alpha value is -1.50. The van der Waals surface area contributed by atoms with E-state index in [2.05, 4.69) is 6.92 Å². The molecular weight excluding hydrogens is 432 g/mol. The molecule has 34 heavy (non-hydrogen) atoms. The summed E-state index contributed by atoms with van der Waals surface area (Å²) in [6.45, 7) is 9.99. The predicted octanol–water partition coefficient (Wildman–Crippen LogP) is 3.50. The standard InChI is InChI=1S/C28H38O6/c1-14-13-19(33-24(30)15(14)2)16(3)27(31)12-9-17-21-18(8-11-25(17,27)4)26(5)20(29)7-6-10-28(26,32)23-22(21)34-23/h6-7,16-19,21-23,31-32H,8-13H2,1-5H3/t16-,17-,18+,19+,21-,22-,23-,25-,26-,27-,28-/m0/s1. The highest BCUT2D eigenvalue weighted by atomic mass is 16.6. The molecule has 0 aromatic rings. The highest BCUT2D eigenvalue weighted by molar-refractivity contribution is 5.97. The van der Waals surface area contributed by atoms with Crippen LogP contribution in [-0.2, 0) is 19.1 Å². The average Bonchev–Trinajstić information content (AvgIpc) is 3.55. The zero-order valence-corrected chi connectivity index (χ0v) is 21.0. The van der Waals surface area contributed by atoms with Crippen molar-refractivity contribution in [3.8, 4) is 0 Å². The topological polar surface area (TPSA) is 96.4 Å². The Morgan fingerprint density at radius 2 is 1.79 bits per heavy atom. The maximum Gasteiger partial charge on any atom is 0.333 e. The van der Waals surface area contributed by atoms with Gasteiger partial charge < -0.3 is 19.7 Å². The molecule has 0 amide bonds. The van der Waals surface area contributed by atoms with E-state index in [1.165, 1.54) is 0 Å². The number of carbonyl (C=O) groups excluding carboxylic acids is 2. The second-order valence-electron chi connectivity index (χ2n) is 12.7. The van der Waals surface area contributed by atoms with Gasteiger partial charge in [0.2, 0.25) is 0 Å². The van der Waals surface area contributed by atoms with Crippen LogP contribution >= 0.6 is 0 Å². The minimum atomic E-state index is -1.14. The van der Waals surface area contributed by atoms with Crippen molar-refractivity contribution in [3.05, 3.63) is 23.3 Å². The third-order valence-corrected chi connectivity index (χ3v) is 11.8. The SMILES string of the molecule is CC1=C(C)C(=O)O[C@@H]([C@H](C)[C@@]2(O)CC[C@H]3[C@@H]4[C@@H]5O[C@@H]5[C@@]5(O)CC=CC(=O)[C@]5(C)[C@@H]4CC[C@@]32C)C1. The number of esters is 1. The fourth-order valence-electron chi connectivity index (χ4n) is 9.27. The highest BCUT2D eigenvalue weighted by Crippen LogP contribution is 2.72. The normalized spacial score (nSPS) is 54.6. The average molecular weight is 471 g/mol. The number of hydrogen-bond donors (Lipinski definition) is 2. The summed E-state index contributed by atoms with van der Waals surface area (Å²) in [5.41, 5.74) is -1.60. The van der Waals surface area contributed by atoms with Gasteiger partial charge in [0.05, 0.1) is 17.1 Å². The van der Waals surface area contributed by atoms with Gasteiger partial charge in [-0.15, -0.1) is 0 Å². The minimum Gasteiger partial charge on any atom is -0.458 e. The largest absolute Gasteiger partial charge is 0.458 e. The Morgan fingerprint density at radius 1 is 1.09 bits per heavy atom. The summed E-state index contributed by atoms with van der Waals surface area (Å²) in [6.07, 6.45) is 6.96. The van der Waals surface area contributed by atoms with E-state index in [1.807, 2.05) is 20.8 Å². The van der Waals surface area contributed by atoms with Crippen LogP contribution in [-0.4, -0.2) is 51.5 Å². The molecule has 0 spiro atoms. The van der Waals surface area contributed by atoms with E-state index in [0.29, 0.717) is 24.8 Å². The van der Waals surface area contributed by atoms with Crippen molar-refractivity contribution in [3.63, 3.8) is 0 Å². The molecule has 3 saturated carbocycles. The molecule has 2 aliphatic heterocycles. The summed E-state index contributed by atoms with van der Waals surface area (Å²) in [5.74, 6) is -0.0746. The van der Waals surface area contributed by atoms with Gasteiger partial charge in [-0.25, -0.2) is 4.79 Å². The monoisotopic (exact) mass is 470 g/mol. The number of aliphatic hydroxyl groups is 2. The number of ketones is 1. The van der Waals surface area contributed by atoms with Gasteiger partial charge >= 0.3 is 5.97 Å². The first kappa shape index (κ1) is 22.9. The summed E-state index contributed by atoms with van der Waals surface area (Å²) < 4.78 is 12.0. The molecule has 0 aromatic heterocycles. The van der Waals surface area contributed by atoms with Crippen molar-refractivity contribution in [2.24, 2.45) is 34.5 Å². The van der Waals surface area contributed by atoms with E-state index in [-0.39, 0.29) is 59.2 Å². The molecular formula is C28H38O6. The molecule has 0 radical (unpaired) electrons. The van der Waals surface area contributed by atoms with E-state index >= 15 is 0 Å². The summed E-state index contributed by atoms with van der Waals surface area (Å²) in [5, 5.41) is 24.0. The molecule has 6 aliphatic rings. The van der Waals surface area contributed by atoms with Gasteiger partial charge in [0.1, 0.15) is 17.8 Å². The number of rotatable bonds is 2. The molecule has 6 nitrogen and oxygen atoms in total. The van der Waals surface area contributed by atoms with Gasteiger partial charge in [0.15, 0.2) is 5.78 Å². The molecule has 4 aliphatic carbocycles. The summed E-state index contributed by atoms with van der Waals surface area (Å²) >= 11 is 0. The minimum absolute atomic E-state index is 0.0159. The second kappa shape index (κ2) is 6.83. The number of allylic oxidation sites excluding steroid dienone is 1. The Bertz CT molecular complexity index is 1030. The maximum atomic E-state index is 13.3. The van der Waals surface area contributed by atoms with Crippen LogP contribution in [0, 0.1) is 34.5 Å². The van der Waals surface area contributed by atoms with Crippen LogP contribution in [0.5, 0.6) is 0 Å². The van der Waals surface area contributed by atoms with Crippen molar-refractivity contribution in [2.75, 3.05) is 0 Å². The summed E-state index contributed by atoms with van der Waals surface area (Å²) in [6, 6.07) is 0. The van der Waals surface area contributed by atoms with Crippen molar-refractivity contribution in [2.45, 2.75) is 103 Å². The fraction of sp³-hybridized carbons (Fsp3) is 0.786. The molecule has 0 aromatic carbocycles. The molecule has 1 saturated heterocycles. The van der Waals surface area contributed by atoms with Gasteiger partial charge in [0, 0.05) is 17.9 Å². The Labute approximate surface area is 201 Å². The third kappa shape index (κ3) is 2.48. The lowest BCUT2D eigenvalue weighted by Gasteiger charge is -2.61. The molecule has 11 atom stereocenters. The zero-order chi connectivity index (χ0) is 24.4. The van der Waals surface area contributed by atoms with Crippen LogP contribution in [0.3, 0.4) is 0 Å². The van der Waals surface area contributed by atoms with Crippen LogP contribution in [0.4, 0.5) is 0 Å². The maximum absolute atomic E-state index is 13.3. The molecule has 6 rings (SSSR count). The quantitative estimate of drug-likeness (QED) is 0.474. The van der Waals surface area contributed by atoms with E-state index in [9.17, 15) is 19.8 Å². The van der Waals surface area contributed by atoms with Crippen molar-refractivity contribution in [1.82, 2.24) is 0 Å². The van der Waals surface area contributed by atoms with Crippen molar-refractivity contribution in [1.29, 1.82) is 0 Å². The number of fused-ring (bicyclic) bond motifs is 8. The van der Waals surface area contributed by atoms with Crippen LogP contribution in [0.2, 0.25) is 0 Å². The van der Waals surface area contributed by atoms with E-state index in [1.54, 1.807) is 19.1 Å². The Balaban J connectivity index is 1.34. The van der Waals surface area contributed by atoms with E-state index in [0.717, 1.165) is 24.8 Å². The molecule has 6 heteroatoms.